The highest BCUT2D eigenvalue weighted by Gasteiger charge is 2.26. The normalized spacial score (nSPS) is 18.0. The summed E-state index contributed by atoms with van der Waals surface area (Å²) in [6.07, 6.45) is 9.75. The van der Waals surface area contributed by atoms with Crippen LogP contribution in [-0.4, -0.2) is 70.8 Å². The second-order valence-electron chi connectivity index (χ2n) is 7.95. The monoisotopic (exact) mass is 395 g/mol. The van der Waals surface area contributed by atoms with Crippen molar-refractivity contribution in [2.75, 3.05) is 39.8 Å². The maximum Gasteiger partial charge on any atom is 0.287 e. The second-order valence-corrected chi connectivity index (χ2v) is 7.95. The number of fused-ring (bicyclic) bond motifs is 1. The topological polar surface area (TPSA) is 69.9 Å². The molecule has 1 saturated heterocycles. The maximum atomic E-state index is 13.1. The van der Waals surface area contributed by atoms with Gasteiger partial charge in [0.1, 0.15) is 0 Å². The third kappa shape index (κ3) is 4.34. The van der Waals surface area contributed by atoms with Gasteiger partial charge >= 0.3 is 0 Å². The number of rotatable bonds is 5. The largest absolute Gasteiger partial charge is 0.349 e. The van der Waals surface area contributed by atoms with E-state index in [4.69, 9.17) is 0 Å². The molecule has 3 heterocycles. The van der Waals surface area contributed by atoms with Crippen LogP contribution >= 0.6 is 0 Å². The van der Waals surface area contributed by atoms with Crippen LogP contribution in [-0.2, 0) is 0 Å². The predicted octanol–water partition coefficient (Wildman–Crippen LogP) is 2.34. The Morgan fingerprint density at radius 3 is 2.72 bits per heavy atom. The van der Waals surface area contributed by atoms with Crippen molar-refractivity contribution >= 4 is 17.3 Å². The smallest absolute Gasteiger partial charge is 0.287 e. The molecule has 1 N–H and O–H groups in total. The number of nitrogens with one attached hydrogen (secondary N) is 1. The SMILES string of the molecule is CN1CCN(C(=O)c2nc(C(=O)NCCC3=CCCCC3)n3ccccc23)CC1. The van der Waals surface area contributed by atoms with E-state index in [-0.39, 0.29) is 17.6 Å². The number of allylic oxidation sites excluding steroid dienone is 1. The number of hydrogen-bond acceptors (Lipinski definition) is 4. The van der Waals surface area contributed by atoms with Gasteiger partial charge in [-0.2, -0.15) is 0 Å². The Balaban J connectivity index is 1.50. The molecular weight excluding hydrogens is 366 g/mol. The summed E-state index contributed by atoms with van der Waals surface area (Å²) in [5.74, 6) is -0.0658. The molecular formula is C22H29N5O2. The highest BCUT2D eigenvalue weighted by Crippen LogP contribution is 2.20. The molecule has 1 fully saturated rings. The molecule has 2 aromatic heterocycles. The fraction of sp³-hybridized carbons (Fsp3) is 0.500. The van der Waals surface area contributed by atoms with Crippen molar-refractivity contribution in [2.45, 2.75) is 32.1 Å². The van der Waals surface area contributed by atoms with Crippen LogP contribution in [0.2, 0.25) is 0 Å². The van der Waals surface area contributed by atoms with Gasteiger partial charge in [0, 0.05) is 38.9 Å². The van der Waals surface area contributed by atoms with E-state index >= 15 is 0 Å². The minimum atomic E-state index is -0.236. The van der Waals surface area contributed by atoms with Gasteiger partial charge in [-0.3, -0.25) is 14.0 Å². The van der Waals surface area contributed by atoms with Crippen LogP contribution in [0.15, 0.2) is 36.0 Å². The molecule has 4 rings (SSSR count). The Labute approximate surface area is 171 Å². The Morgan fingerprint density at radius 1 is 1.14 bits per heavy atom. The molecule has 0 radical (unpaired) electrons. The average molecular weight is 396 g/mol. The molecule has 7 heteroatoms. The predicted molar refractivity (Wildman–Crippen MR) is 112 cm³/mol. The molecule has 0 aromatic carbocycles. The number of carbonyl (C=O) groups is 2. The lowest BCUT2D eigenvalue weighted by atomic mass is 9.97. The van der Waals surface area contributed by atoms with Crippen molar-refractivity contribution in [3.8, 4) is 0 Å². The minimum Gasteiger partial charge on any atom is -0.349 e. The van der Waals surface area contributed by atoms with Gasteiger partial charge in [0.15, 0.2) is 5.69 Å². The first kappa shape index (κ1) is 19.6. The summed E-state index contributed by atoms with van der Waals surface area (Å²) in [5, 5.41) is 2.98. The van der Waals surface area contributed by atoms with Gasteiger partial charge in [0.25, 0.3) is 11.8 Å². The lowest BCUT2D eigenvalue weighted by Crippen LogP contribution is -2.47. The highest BCUT2D eigenvalue weighted by atomic mass is 16.2. The molecule has 1 aliphatic heterocycles. The van der Waals surface area contributed by atoms with Gasteiger partial charge in [-0.25, -0.2) is 4.98 Å². The first-order valence-corrected chi connectivity index (χ1v) is 10.5. The van der Waals surface area contributed by atoms with Crippen LogP contribution in [0.3, 0.4) is 0 Å². The minimum absolute atomic E-state index is 0.104. The Bertz CT molecular complexity index is 924. The van der Waals surface area contributed by atoms with E-state index in [1.165, 1.54) is 18.4 Å². The van der Waals surface area contributed by atoms with E-state index in [0.717, 1.165) is 32.4 Å². The quantitative estimate of drug-likeness (QED) is 0.789. The van der Waals surface area contributed by atoms with Crippen molar-refractivity contribution in [3.63, 3.8) is 0 Å². The summed E-state index contributed by atoms with van der Waals surface area (Å²) < 4.78 is 1.72. The van der Waals surface area contributed by atoms with E-state index in [0.29, 0.717) is 30.8 Å². The number of likely N-dealkylation sites (N-methyl/N-ethyl adjacent to an activating group) is 1. The summed E-state index contributed by atoms with van der Waals surface area (Å²) in [6.45, 7) is 3.64. The first-order chi connectivity index (χ1) is 14.1. The molecule has 2 amide bonds. The highest BCUT2D eigenvalue weighted by molar-refractivity contribution is 6.02. The lowest BCUT2D eigenvalue weighted by Gasteiger charge is -2.32. The van der Waals surface area contributed by atoms with Gasteiger partial charge in [0.05, 0.1) is 5.52 Å². The summed E-state index contributed by atoms with van der Waals surface area (Å²) >= 11 is 0. The number of hydrogen-bond donors (Lipinski definition) is 1. The summed E-state index contributed by atoms with van der Waals surface area (Å²) in [4.78, 5) is 34.4. The van der Waals surface area contributed by atoms with Crippen molar-refractivity contribution in [2.24, 2.45) is 0 Å². The fourth-order valence-corrected chi connectivity index (χ4v) is 4.06. The van der Waals surface area contributed by atoms with Crippen LogP contribution in [0.4, 0.5) is 0 Å². The van der Waals surface area contributed by atoms with Crippen LogP contribution < -0.4 is 5.32 Å². The van der Waals surface area contributed by atoms with Gasteiger partial charge < -0.3 is 15.1 Å². The van der Waals surface area contributed by atoms with E-state index in [2.05, 4.69) is 28.3 Å². The molecule has 7 nitrogen and oxygen atoms in total. The first-order valence-electron chi connectivity index (χ1n) is 10.5. The third-order valence-corrected chi connectivity index (χ3v) is 5.86. The number of amides is 2. The van der Waals surface area contributed by atoms with Gasteiger partial charge in [-0.15, -0.1) is 0 Å². The lowest BCUT2D eigenvalue weighted by molar-refractivity contribution is 0.0661. The number of nitrogens with zero attached hydrogens (tertiary/aromatic N) is 4. The Kier molecular flexibility index (Phi) is 5.94. The maximum absolute atomic E-state index is 13.1. The zero-order chi connectivity index (χ0) is 20.2. The van der Waals surface area contributed by atoms with Crippen LogP contribution in [0.5, 0.6) is 0 Å². The van der Waals surface area contributed by atoms with Gasteiger partial charge in [0.2, 0.25) is 5.82 Å². The molecule has 29 heavy (non-hydrogen) atoms. The number of carbonyl (C=O) groups excluding carboxylic acids is 2. The summed E-state index contributed by atoms with van der Waals surface area (Å²) in [7, 11) is 2.06. The molecule has 154 valence electrons. The summed E-state index contributed by atoms with van der Waals surface area (Å²) in [5.41, 5.74) is 2.46. The Morgan fingerprint density at radius 2 is 1.97 bits per heavy atom. The number of piperazine rings is 1. The van der Waals surface area contributed by atoms with Crippen LogP contribution in [0.25, 0.3) is 5.52 Å². The molecule has 0 bridgehead atoms. The van der Waals surface area contributed by atoms with E-state index in [9.17, 15) is 9.59 Å². The number of pyridine rings is 1. The molecule has 2 aliphatic rings. The van der Waals surface area contributed by atoms with E-state index < -0.39 is 0 Å². The van der Waals surface area contributed by atoms with Crippen molar-refractivity contribution in [1.82, 2.24) is 24.5 Å². The fourth-order valence-electron chi connectivity index (χ4n) is 4.06. The van der Waals surface area contributed by atoms with Gasteiger partial charge in [-0.05, 0) is 51.3 Å². The average Bonchev–Trinajstić information content (AvgIpc) is 3.14. The van der Waals surface area contributed by atoms with Crippen molar-refractivity contribution in [3.05, 3.63) is 47.6 Å². The van der Waals surface area contributed by atoms with Crippen molar-refractivity contribution < 1.29 is 9.59 Å². The number of aromatic nitrogens is 2. The van der Waals surface area contributed by atoms with Crippen LogP contribution in [0, 0.1) is 0 Å². The zero-order valence-electron chi connectivity index (χ0n) is 17.1. The van der Waals surface area contributed by atoms with E-state index in [1.807, 2.05) is 23.1 Å². The number of imidazole rings is 1. The summed E-state index contributed by atoms with van der Waals surface area (Å²) in [6, 6.07) is 5.57. The molecule has 2 aromatic rings. The Hall–Kier alpha value is -2.67. The molecule has 0 saturated carbocycles. The second kappa shape index (κ2) is 8.78. The molecule has 0 atom stereocenters. The van der Waals surface area contributed by atoms with Crippen LogP contribution in [0.1, 0.15) is 53.2 Å². The third-order valence-electron chi connectivity index (χ3n) is 5.86. The molecule has 1 aliphatic carbocycles. The van der Waals surface area contributed by atoms with Gasteiger partial charge in [-0.1, -0.05) is 17.7 Å². The molecule has 0 unspecified atom stereocenters. The molecule has 0 spiro atoms. The standard InChI is InChI=1S/C22H29N5O2/c1-25-13-15-26(16-14-25)22(29)19-18-9-5-6-12-27(18)20(24-19)21(28)23-11-10-17-7-3-2-4-8-17/h5-7,9,12H,2-4,8,10-11,13-16H2,1H3,(H,23,28). The van der Waals surface area contributed by atoms with E-state index in [1.54, 1.807) is 10.6 Å². The van der Waals surface area contributed by atoms with Crippen molar-refractivity contribution in [1.29, 1.82) is 0 Å². The zero-order valence-corrected chi connectivity index (χ0v) is 17.1.